The van der Waals surface area contributed by atoms with Gasteiger partial charge < -0.3 is 10.1 Å². The minimum atomic E-state index is -0.380. The molecule has 2 aromatic carbocycles. The van der Waals surface area contributed by atoms with E-state index in [2.05, 4.69) is 47.7 Å². The van der Waals surface area contributed by atoms with Crippen LogP contribution in [0.1, 0.15) is 22.8 Å². The van der Waals surface area contributed by atoms with Gasteiger partial charge in [-0.25, -0.2) is 5.43 Å². The van der Waals surface area contributed by atoms with Gasteiger partial charge >= 0.3 is 0 Å². The number of rotatable bonds is 5. The van der Waals surface area contributed by atoms with E-state index >= 15 is 0 Å². The maximum absolute atomic E-state index is 12.1. The second-order valence-corrected chi connectivity index (χ2v) is 6.69. The lowest BCUT2D eigenvalue weighted by Gasteiger charge is -2.07. The number of carbonyl (C=O) groups excluding carboxylic acids is 2. The van der Waals surface area contributed by atoms with Gasteiger partial charge in [-0.15, -0.1) is 0 Å². The van der Waals surface area contributed by atoms with Crippen molar-refractivity contribution in [3.8, 4) is 5.75 Å². The van der Waals surface area contributed by atoms with Crippen molar-refractivity contribution in [2.75, 3.05) is 12.4 Å². The van der Waals surface area contributed by atoms with Gasteiger partial charge in [0.1, 0.15) is 5.75 Å². The number of methoxy groups -OCH3 is 1. The number of anilines is 1. The van der Waals surface area contributed by atoms with E-state index in [0.29, 0.717) is 17.0 Å². The van der Waals surface area contributed by atoms with Gasteiger partial charge in [-0.05, 0) is 67.8 Å². The van der Waals surface area contributed by atoms with Crippen LogP contribution in [-0.4, -0.2) is 25.1 Å². The molecular weight excluding hydrogens is 454 g/mol. The van der Waals surface area contributed by atoms with Crippen LogP contribution in [0, 0.1) is 0 Å². The molecule has 2 aromatic rings. The topological polar surface area (TPSA) is 79.8 Å². The zero-order valence-electron chi connectivity index (χ0n) is 13.5. The Bertz CT molecular complexity index is 815. The van der Waals surface area contributed by atoms with Gasteiger partial charge in [0.05, 0.1) is 22.3 Å². The second kappa shape index (κ2) is 8.77. The Morgan fingerprint density at radius 2 is 1.84 bits per heavy atom. The number of carbonyl (C=O) groups is 2. The number of nitrogens with one attached hydrogen (secondary N) is 2. The van der Waals surface area contributed by atoms with Crippen molar-refractivity contribution in [3.05, 3.63) is 56.5 Å². The van der Waals surface area contributed by atoms with Crippen molar-refractivity contribution in [1.29, 1.82) is 0 Å². The normalized spacial score (nSPS) is 10.6. The molecule has 0 saturated carbocycles. The summed E-state index contributed by atoms with van der Waals surface area (Å²) in [4.78, 5) is 23.2. The number of nitrogens with zero attached hydrogens (tertiary/aromatic N) is 1. The summed E-state index contributed by atoms with van der Waals surface area (Å²) < 4.78 is 6.76. The van der Waals surface area contributed by atoms with Crippen LogP contribution in [0.15, 0.2) is 50.4 Å². The Labute approximate surface area is 161 Å². The number of amides is 2. The third-order valence-electron chi connectivity index (χ3n) is 3.05. The van der Waals surface area contributed by atoms with Crippen molar-refractivity contribution < 1.29 is 14.3 Å². The summed E-state index contributed by atoms with van der Waals surface area (Å²) in [6.45, 7) is 1.40. The lowest BCUT2D eigenvalue weighted by Crippen LogP contribution is -2.18. The lowest BCUT2D eigenvalue weighted by molar-refractivity contribution is -0.114. The third kappa shape index (κ3) is 5.40. The molecule has 2 amide bonds. The van der Waals surface area contributed by atoms with Crippen LogP contribution in [0.2, 0.25) is 0 Å². The van der Waals surface area contributed by atoms with E-state index in [-0.39, 0.29) is 11.8 Å². The second-order valence-electron chi connectivity index (χ2n) is 4.98. The van der Waals surface area contributed by atoms with Crippen molar-refractivity contribution in [3.63, 3.8) is 0 Å². The van der Waals surface area contributed by atoms with Gasteiger partial charge in [0.15, 0.2) is 0 Å². The fourth-order valence-corrected chi connectivity index (χ4v) is 3.57. The third-order valence-corrected chi connectivity index (χ3v) is 4.23. The van der Waals surface area contributed by atoms with Gasteiger partial charge in [0.25, 0.3) is 5.91 Å². The summed E-state index contributed by atoms with van der Waals surface area (Å²) in [5.74, 6) is 0.0947. The number of hydrogen-bond acceptors (Lipinski definition) is 4. The lowest BCUT2D eigenvalue weighted by atomic mass is 10.2. The van der Waals surface area contributed by atoms with E-state index < -0.39 is 0 Å². The van der Waals surface area contributed by atoms with Gasteiger partial charge in [-0.3, -0.25) is 9.59 Å². The highest BCUT2D eigenvalue weighted by molar-refractivity contribution is 9.11. The molecule has 0 heterocycles. The van der Waals surface area contributed by atoms with Gasteiger partial charge in [0, 0.05) is 18.2 Å². The predicted molar refractivity (Wildman–Crippen MR) is 104 cm³/mol. The zero-order valence-corrected chi connectivity index (χ0v) is 16.6. The van der Waals surface area contributed by atoms with Crippen LogP contribution >= 0.6 is 31.9 Å². The van der Waals surface area contributed by atoms with E-state index in [1.807, 2.05) is 12.1 Å². The smallest absolute Gasteiger partial charge is 0.271 e. The molecule has 0 aliphatic rings. The van der Waals surface area contributed by atoms with Crippen molar-refractivity contribution in [2.24, 2.45) is 5.10 Å². The van der Waals surface area contributed by atoms with Crippen LogP contribution in [0.4, 0.5) is 5.69 Å². The molecule has 0 fully saturated rings. The average molecular weight is 469 g/mol. The molecule has 25 heavy (non-hydrogen) atoms. The Hall–Kier alpha value is -2.19. The number of ether oxygens (including phenoxy) is 1. The number of halogens is 2. The van der Waals surface area contributed by atoms with E-state index in [1.165, 1.54) is 13.1 Å². The fraction of sp³-hybridized carbons (Fsp3) is 0.118. The van der Waals surface area contributed by atoms with Crippen LogP contribution in [-0.2, 0) is 4.79 Å². The van der Waals surface area contributed by atoms with Crippen molar-refractivity contribution in [2.45, 2.75) is 6.92 Å². The maximum Gasteiger partial charge on any atom is 0.271 e. The summed E-state index contributed by atoms with van der Waals surface area (Å²) >= 11 is 6.81. The largest absolute Gasteiger partial charge is 0.494 e. The summed E-state index contributed by atoms with van der Waals surface area (Å²) in [6.07, 6.45) is 1.52. The molecule has 0 radical (unpaired) electrons. The molecule has 8 heteroatoms. The quantitative estimate of drug-likeness (QED) is 0.515. The van der Waals surface area contributed by atoms with Gasteiger partial charge in [0.2, 0.25) is 5.91 Å². The summed E-state index contributed by atoms with van der Waals surface area (Å²) in [6, 6.07) is 10.2. The van der Waals surface area contributed by atoms with Crippen LogP contribution in [0.3, 0.4) is 0 Å². The van der Waals surface area contributed by atoms with E-state index in [4.69, 9.17) is 4.74 Å². The molecule has 2 rings (SSSR count). The first kappa shape index (κ1) is 19.1. The first-order chi connectivity index (χ1) is 11.9. The maximum atomic E-state index is 12.1. The summed E-state index contributed by atoms with van der Waals surface area (Å²) in [5.41, 5.74) is 4.16. The van der Waals surface area contributed by atoms with Crippen LogP contribution < -0.4 is 15.5 Å². The minimum absolute atomic E-state index is 0.203. The molecule has 2 N–H and O–H groups in total. The average Bonchev–Trinajstić information content (AvgIpc) is 2.54. The monoisotopic (exact) mass is 467 g/mol. The Balaban J connectivity index is 2.07. The molecule has 0 aliphatic heterocycles. The molecule has 0 aliphatic carbocycles. The molecule has 0 atom stereocenters. The Morgan fingerprint density at radius 3 is 2.44 bits per heavy atom. The molecule has 6 nitrogen and oxygen atoms in total. The molecular formula is C17H15Br2N3O3. The van der Waals surface area contributed by atoms with Crippen molar-refractivity contribution in [1.82, 2.24) is 5.43 Å². The molecule has 0 aromatic heterocycles. The van der Waals surface area contributed by atoms with Crippen molar-refractivity contribution >= 4 is 55.6 Å². The molecule has 0 saturated heterocycles. The molecule has 0 spiro atoms. The van der Waals surface area contributed by atoms with E-state index in [0.717, 1.165) is 14.5 Å². The molecule has 0 bridgehead atoms. The summed E-state index contributed by atoms with van der Waals surface area (Å²) in [7, 11) is 1.58. The first-order valence-electron chi connectivity index (χ1n) is 7.15. The van der Waals surface area contributed by atoms with Gasteiger partial charge in [-0.1, -0.05) is 6.07 Å². The van der Waals surface area contributed by atoms with Gasteiger partial charge in [-0.2, -0.15) is 5.10 Å². The predicted octanol–water partition coefficient (Wildman–Crippen LogP) is 3.94. The number of hydrazone groups is 1. The standard InChI is InChI=1S/C17H15Br2N3O3/c1-10(23)21-13-5-3-4-12(8-13)17(24)22-20-9-11-6-14(18)16(25-2)15(19)7-11/h3-9H,1-2H3,(H,21,23)(H,22,24)/b20-9-. The van der Waals surface area contributed by atoms with Crippen LogP contribution in [0.25, 0.3) is 0 Å². The SMILES string of the molecule is COc1c(Br)cc(/C=N\NC(=O)c2cccc(NC(C)=O)c2)cc1Br. The number of benzene rings is 2. The molecule has 0 unspecified atom stereocenters. The zero-order chi connectivity index (χ0) is 18.4. The Morgan fingerprint density at radius 1 is 1.16 bits per heavy atom. The van der Waals surface area contributed by atoms with E-state index in [9.17, 15) is 9.59 Å². The van der Waals surface area contributed by atoms with E-state index in [1.54, 1.807) is 31.4 Å². The molecule has 130 valence electrons. The fourth-order valence-electron chi connectivity index (χ4n) is 2.02. The highest BCUT2D eigenvalue weighted by Crippen LogP contribution is 2.33. The highest BCUT2D eigenvalue weighted by atomic mass is 79.9. The number of hydrogen-bond donors (Lipinski definition) is 2. The Kier molecular flexibility index (Phi) is 6.72. The summed E-state index contributed by atoms with van der Waals surface area (Å²) in [5, 5.41) is 6.58. The highest BCUT2D eigenvalue weighted by Gasteiger charge is 2.08. The minimum Gasteiger partial charge on any atom is -0.494 e. The first-order valence-corrected chi connectivity index (χ1v) is 8.73. The van der Waals surface area contributed by atoms with Crippen LogP contribution in [0.5, 0.6) is 5.75 Å².